The van der Waals surface area contributed by atoms with Gasteiger partial charge in [0.15, 0.2) is 0 Å². The third-order valence-corrected chi connectivity index (χ3v) is 8.44. The average molecular weight is 415 g/mol. The van der Waals surface area contributed by atoms with Gasteiger partial charge in [-0.15, -0.1) is 11.3 Å². The fourth-order valence-corrected chi connectivity index (χ4v) is 7.00. The van der Waals surface area contributed by atoms with Crippen molar-refractivity contribution < 1.29 is 0 Å². The number of piperazine rings is 1. The fraction of sp³-hybridized carbons (Fsp3) is 0.739. The highest BCUT2D eigenvalue weighted by atomic mass is 32.1. The summed E-state index contributed by atoms with van der Waals surface area (Å²) in [4.78, 5) is 25.6. The minimum atomic E-state index is 0.171. The van der Waals surface area contributed by atoms with Crippen LogP contribution in [-0.4, -0.2) is 57.6 Å². The van der Waals surface area contributed by atoms with Crippen LogP contribution in [-0.2, 0) is 19.4 Å². The molecule has 3 heterocycles. The van der Waals surface area contributed by atoms with Gasteiger partial charge in [0.05, 0.1) is 11.7 Å². The van der Waals surface area contributed by atoms with Crippen LogP contribution in [0.15, 0.2) is 11.1 Å². The molecule has 5 nitrogen and oxygen atoms in total. The Labute approximate surface area is 177 Å². The molecule has 2 aromatic heterocycles. The van der Waals surface area contributed by atoms with Gasteiger partial charge in [0.2, 0.25) is 0 Å². The number of thiophene rings is 1. The molecule has 5 rings (SSSR count). The minimum absolute atomic E-state index is 0.171. The molecule has 1 saturated heterocycles. The van der Waals surface area contributed by atoms with Crippen LogP contribution < -0.4 is 5.56 Å². The topological polar surface area (TPSA) is 41.4 Å². The van der Waals surface area contributed by atoms with E-state index in [1.807, 2.05) is 4.57 Å². The lowest BCUT2D eigenvalue weighted by Crippen LogP contribution is -2.53. The van der Waals surface area contributed by atoms with E-state index in [1.165, 1.54) is 68.7 Å². The summed E-state index contributed by atoms with van der Waals surface area (Å²) in [7, 11) is 0. The Morgan fingerprint density at radius 3 is 2.45 bits per heavy atom. The van der Waals surface area contributed by atoms with Crippen molar-refractivity contribution in [3.8, 4) is 0 Å². The summed E-state index contributed by atoms with van der Waals surface area (Å²) in [6.45, 7) is 9.94. The fourth-order valence-electron chi connectivity index (χ4n) is 5.76. The molecule has 1 saturated carbocycles. The van der Waals surface area contributed by atoms with Gasteiger partial charge in [0.1, 0.15) is 4.83 Å². The van der Waals surface area contributed by atoms with Crippen molar-refractivity contribution in [1.82, 2.24) is 19.4 Å². The minimum Gasteiger partial charge on any atom is -0.298 e. The predicted octanol–water partition coefficient (Wildman–Crippen LogP) is 3.53. The van der Waals surface area contributed by atoms with E-state index < -0.39 is 0 Å². The molecule has 6 heteroatoms. The van der Waals surface area contributed by atoms with Gasteiger partial charge in [-0.25, -0.2) is 4.98 Å². The van der Waals surface area contributed by atoms with Gasteiger partial charge in [0, 0.05) is 49.7 Å². The Kier molecular flexibility index (Phi) is 5.52. The van der Waals surface area contributed by atoms with Gasteiger partial charge < -0.3 is 0 Å². The molecule has 1 atom stereocenters. The Hall–Kier alpha value is -1.24. The van der Waals surface area contributed by atoms with Crippen LogP contribution in [0.2, 0.25) is 0 Å². The van der Waals surface area contributed by atoms with Gasteiger partial charge in [-0.2, -0.15) is 0 Å². The van der Waals surface area contributed by atoms with E-state index in [2.05, 4.69) is 28.6 Å². The molecule has 0 radical (unpaired) electrons. The lowest BCUT2D eigenvalue weighted by Gasteiger charge is -2.42. The number of aryl methyl sites for hydroxylation is 1. The zero-order valence-corrected chi connectivity index (χ0v) is 18.7. The Balaban J connectivity index is 1.30. The maximum atomic E-state index is 13.1. The molecule has 3 aliphatic rings. The van der Waals surface area contributed by atoms with E-state index in [4.69, 9.17) is 0 Å². The number of aromatic nitrogens is 2. The highest BCUT2D eigenvalue weighted by Crippen LogP contribution is 2.35. The van der Waals surface area contributed by atoms with E-state index in [1.54, 1.807) is 17.7 Å². The number of hydrogen-bond donors (Lipinski definition) is 0. The molecule has 0 spiro atoms. The zero-order valence-electron chi connectivity index (χ0n) is 17.9. The van der Waals surface area contributed by atoms with Crippen molar-refractivity contribution in [2.24, 2.45) is 5.92 Å². The molecule has 0 N–H and O–H groups in total. The van der Waals surface area contributed by atoms with Crippen molar-refractivity contribution >= 4 is 21.6 Å². The molecule has 0 bridgehead atoms. The third-order valence-electron chi connectivity index (χ3n) is 7.28. The van der Waals surface area contributed by atoms with Crippen LogP contribution in [0.1, 0.15) is 56.4 Å². The van der Waals surface area contributed by atoms with E-state index in [0.717, 1.165) is 35.6 Å². The summed E-state index contributed by atoms with van der Waals surface area (Å²) in [6, 6.07) is 1.50. The first-order chi connectivity index (χ1) is 14.1. The summed E-state index contributed by atoms with van der Waals surface area (Å²) in [6.07, 6.45) is 10.7. The monoisotopic (exact) mass is 414 g/mol. The number of hydrogen-bond acceptors (Lipinski definition) is 5. The van der Waals surface area contributed by atoms with E-state index >= 15 is 0 Å². The standard InChI is InChI=1S/C23H34N4OS/c1-16(2)14-27-15-24-22-21(23(27)28)19-8-7-18(13-20(19)29-22)26-11-9-25(10-12-26)17-5-3-4-6-17/h15-18H,3-14H2,1-2H3/t18-/m0/s1. The molecule has 158 valence electrons. The molecule has 1 aliphatic heterocycles. The van der Waals surface area contributed by atoms with Crippen molar-refractivity contribution in [2.45, 2.75) is 77.4 Å². The van der Waals surface area contributed by atoms with Crippen LogP contribution in [0.5, 0.6) is 0 Å². The first kappa shape index (κ1) is 19.7. The number of fused-ring (bicyclic) bond motifs is 3. The highest BCUT2D eigenvalue weighted by Gasteiger charge is 2.32. The normalized spacial score (nSPS) is 24.6. The first-order valence-electron chi connectivity index (χ1n) is 11.6. The Morgan fingerprint density at radius 1 is 1.07 bits per heavy atom. The predicted molar refractivity (Wildman–Crippen MR) is 120 cm³/mol. The van der Waals surface area contributed by atoms with E-state index in [-0.39, 0.29) is 5.56 Å². The second-order valence-corrected chi connectivity index (χ2v) is 10.8. The van der Waals surface area contributed by atoms with Crippen LogP contribution in [0.3, 0.4) is 0 Å². The molecular formula is C23H34N4OS. The van der Waals surface area contributed by atoms with Crippen LogP contribution in [0.4, 0.5) is 0 Å². The maximum absolute atomic E-state index is 13.1. The lowest BCUT2D eigenvalue weighted by atomic mass is 9.91. The van der Waals surface area contributed by atoms with Crippen LogP contribution >= 0.6 is 11.3 Å². The zero-order chi connectivity index (χ0) is 20.0. The number of rotatable bonds is 4. The smallest absolute Gasteiger partial charge is 0.262 e. The summed E-state index contributed by atoms with van der Waals surface area (Å²) in [5.74, 6) is 0.452. The summed E-state index contributed by atoms with van der Waals surface area (Å²) in [5.41, 5.74) is 1.48. The van der Waals surface area contributed by atoms with Crippen molar-refractivity contribution in [1.29, 1.82) is 0 Å². The molecule has 2 aromatic rings. The van der Waals surface area contributed by atoms with E-state index in [0.29, 0.717) is 12.0 Å². The summed E-state index contributed by atoms with van der Waals surface area (Å²) >= 11 is 1.77. The highest BCUT2D eigenvalue weighted by molar-refractivity contribution is 7.18. The van der Waals surface area contributed by atoms with Gasteiger partial charge >= 0.3 is 0 Å². The van der Waals surface area contributed by atoms with Crippen molar-refractivity contribution in [3.63, 3.8) is 0 Å². The molecule has 0 aromatic carbocycles. The van der Waals surface area contributed by atoms with E-state index in [9.17, 15) is 4.79 Å². The summed E-state index contributed by atoms with van der Waals surface area (Å²) < 4.78 is 1.81. The van der Waals surface area contributed by atoms with Crippen LogP contribution in [0.25, 0.3) is 10.2 Å². The SMILES string of the molecule is CC(C)Cn1cnc2sc3c(c2c1=O)CC[C@H](N1CCN(C2CCCC2)CC1)C3. The van der Waals surface area contributed by atoms with Crippen LogP contribution in [0, 0.1) is 5.92 Å². The van der Waals surface area contributed by atoms with Crippen molar-refractivity contribution in [3.05, 3.63) is 27.1 Å². The summed E-state index contributed by atoms with van der Waals surface area (Å²) in [5, 5.41) is 0.914. The molecule has 0 amide bonds. The van der Waals surface area contributed by atoms with Crippen molar-refractivity contribution in [2.75, 3.05) is 26.2 Å². The maximum Gasteiger partial charge on any atom is 0.262 e. The molecular weight excluding hydrogens is 380 g/mol. The quantitative estimate of drug-likeness (QED) is 0.767. The third kappa shape index (κ3) is 3.79. The molecule has 29 heavy (non-hydrogen) atoms. The van der Waals surface area contributed by atoms with Gasteiger partial charge in [-0.05, 0) is 43.6 Å². The molecule has 2 aliphatic carbocycles. The lowest BCUT2D eigenvalue weighted by molar-refractivity contribution is 0.0661. The Bertz CT molecular complexity index is 919. The average Bonchev–Trinajstić information content (AvgIpc) is 3.37. The second-order valence-electron chi connectivity index (χ2n) is 9.69. The van der Waals surface area contributed by atoms with Gasteiger partial charge in [-0.3, -0.25) is 19.2 Å². The van der Waals surface area contributed by atoms with Gasteiger partial charge in [-0.1, -0.05) is 26.7 Å². The Morgan fingerprint density at radius 2 is 1.76 bits per heavy atom. The first-order valence-corrected chi connectivity index (χ1v) is 12.4. The largest absolute Gasteiger partial charge is 0.298 e. The van der Waals surface area contributed by atoms with Gasteiger partial charge in [0.25, 0.3) is 5.56 Å². The molecule has 0 unspecified atom stereocenters. The molecule has 2 fully saturated rings. The second kappa shape index (κ2) is 8.12. The number of nitrogens with zero attached hydrogens (tertiary/aromatic N) is 4.